The number of furan rings is 1. The van der Waals surface area contributed by atoms with E-state index in [-0.39, 0.29) is 20.1 Å². The molecule has 0 fully saturated rings. The Morgan fingerprint density at radius 1 is 0.667 bits per heavy atom. The van der Waals surface area contributed by atoms with Gasteiger partial charge in [0.15, 0.2) is 0 Å². The van der Waals surface area contributed by atoms with Crippen LogP contribution in [0.2, 0.25) is 19.6 Å². The number of hydrogen-bond donors (Lipinski definition) is 0. The molecule has 0 spiro atoms. The van der Waals surface area contributed by atoms with E-state index in [1.165, 1.54) is 33.0 Å². The molecule has 5 heteroatoms. The van der Waals surface area contributed by atoms with Crippen molar-refractivity contribution in [3.05, 3.63) is 163 Å². The van der Waals surface area contributed by atoms with Crippen LogP contribution in [0.5, 0.6) is 0 Å². The predicted molar refractivity (Wildman–Crippen MR) is 240 cm³/mol. The van der Waals surface area contributed by atoms with Gasteiger partial charge in [0.05, 0.1) is 13.7 Å². The van der Waals surface area contributed by atoms with Crippen molar-refractivity contribution in [2.75, 3.05) is 0 Å². The minimum absolute atomic E-state index is 0. The summed E-state index contributed by atoms with van der Waals surface area (Å²) in [5.41, 5.74) is 13.2. The predicted octanol–water partition coefficient (Wildman–Crippen LogP) is 14.0. The summed E-state index contributed by atoms with van der Waals surface area (Å²) in [6.07, 6.45) is 7.39. The van der Waals surface area contributed by atoms with Gasteiger partial charge in [-0.25, -0.2) is 0 Å². The maximum atomic E-state index is 6.38. The zero-order valence-electron chi connectivity index (χ0n) is 34.2. The number of pyridine rings is 2. The molecule has 5 aromatic carbocycles. The molecule has 0 amide bonds. The summed E-state index contributed by atoms with van der Waals surface area (Å²) in [7, 11) is -1.39. The molecule has 0 unspecified atom stereocenters. The maximum absolute atomic E-state index is 6.38. The topological polar surface area (TPSA) is 38.9 Å². The molecule has 0 N–H and O–H groups in total. The van der Waals surface area contributed by atoms with Crippen LogP contribution < -0.4 is 5.19 Å². The van der Waals surface area contributed by atoms with Crippen LogP contribution in [0.3, 0.4) is 0 Å². The third kappa shape index (κ3) is 9.62. The third-order valence-corrected chi connectivity index (χ3v) is 12.7. The van der Waals surface area contributed by atoms with Gasteiger partial charge in [0, 0.05) is 37.9 Å². The van der Waals surface area contributed by atoms with Crippen LogP contribution in [0.4, 0.5) is 0 Å². The van der Waals surface area contributed by atoms with Crippen LogP contribution in [0.25, 0.3) is 66.7 Å². The molecule has 8 aromatic rings. The fourth-order valence-electron chi connectivity index (χ4n) is 7.66. The molecule has 0 saturated carbocycles. The molecule has 291 valence electrons. The summed E-state index contributed by atoms with van der Waals surface area (Å²) in [6.45, 7) is 16.2. The zero-order valence-corrected chi connectivity index (χ0v) is 37.6. The van der Waals surface area contributed by atoms with Crippen LogP contribution in [-0.2, 0) is 26.5 Å². The molecule has 57 heavy (non-hydrogen) atoms. The van der Waals surface area contributed by atoms with Crippen LogP contribution in [0.15, 0.2) is 144 Å². The Kier molecular flexibility index (Phi) is 13.6. The van der Waals surface area contributed by atoms with Gasteiger partial charge >= 0.3 is 0 Å². The van der Waals surface area contributed by atoms with Crippen molar-refractivity contribution in [1.29, 1.82) is 0 Å². The average Bonchev–Trinajstić information content (AvgIpc) is 3.60. The molecular weight excluding hydrogens is 889 g/mol. The SMILES string of the molecule is CC(C)Cc1cc(-c2[c-]cc(-c3ccccc3)cc2)ncc1[Si](C)(C)C.CCC(CC)c1ccnc(-c2[c-]ccc3c2oc2cc(-c4ccccc4)ccc23)c1.[Ir]. The second-order valence-electron chi connectivity index (χ2n) is 16.2. The van der Waals surface area contributed by atoms with E-state index < -0.39 is 8.07 Å². The molecule has 3 nitrogen and oxygen atoms in total. The van der Waals surface area contributed by atoms with E-state index in [1.807, 2.05) is 24.4 Å². The summed E-state index contributed by atoms with van der Waals surface area (Å²) < 4.78 is 6.38. The first kappa shape index (κ1) is 41.7. The summed E-state index contributed by atoms with van der Waals surface area (Å²) in [4.78, 5) is 9.44. The largest absolute Gasteiger partial charge is 0.501 e. The van der Waals surface area contributed by atoms with Gasteiger partial charge in [-0.1, -0.05) is 165 Å². The molecule has 0 saturated heterocycles. The van der Waals surface area contributed by atoms with Crippen molar-refractivity contribution in [2.24, 2.45) is 5.92 Å². The minimum Gasteiger partial charge on any atom is -0.501 e. The van der Waals surface area contributed by atoms with Gasteiger partial charge < -0.3 is 14.4 Å². The normalized spacial score (nSPS) is 11.5. The Morgan fingerprint density at radius 2 is 1.35 bits per heavy atom. The third-order valence-electron chi connectivity index (χ3n) is 10.7. The molecular formula is C52H52IrN2OSi-2. The molecule has 0 bridgehead atoms. The Morgan fingerprint density at radius 3 is 1.98 bits per heavy atom. The zero-order chi connectivity index (χ0) is 39.2. The standard InChI is InChI=1S/C28H24NO.C24H28NSi.Ir/c1-3-19(4-2)22-15-16-29-26(17-22)25-12-8-11-24-23-14-13-21(18-27(23)30-28(24)25)20-9-6-5-7-10-20;1-18(2)15-22-16-23(25-17-24(22)26(3,4)5)21-13-11-20(12-14-21)19-9-7-6-8-10-19;/h5-11,13-19H,3-4H2,1-2H3;6-13,16-18H,15H2,1-5H3;/q2*-1;. The fourth-order valence-corrected chi connectivity index (χ4v) is 9.25. The summed E-state index contributed by atoms with van der Waals surface area (Å²) >= 11 is 0. The number of benzene rings is 5. The van der Waals surface area contributed by atoms with E-state index in [0.717, 1.165) is 69.3 Å². The quantitative estimate of drug-likeness (QED) is 0.101. The molecule has 0 aliphatic rings. The van der Waals surface area contributed by atoms with Crippen molar-refractivity contribution in [3.63, 3.8) is 0 Å². The van der Waals surface area contributed by atoms with Crippen molar-refractivity contribution in [2.45, 2.75) is 72.5 Å². The second kappa shape index (κ2) is 18.6. The van der Waals surface area contributed by atoms with Gasteiger partial charge in [-0.05, 0) is 70.9 Å². The smallest absolute Gasteiger partial charge is 0.121 e. The van der Waals surface area contributed by atoms with Crippen molar-refractivity contribution in [3.8, 4) is 44.8 Å². The van der Waals surface area contributed by atoms with Gasteiger partial charge in [-0.3, -0.25) is 0 Å². The van der Waals surface area contributed by atoms with E-state index in [2.05, 4.69) is 180 Å². The Bertz CT molecular complexity index is 2530. The first-order chi connectivity index (χ1) is 27.1. The van der Waals surface area contributed by atoms with E-state index in [9.17, 15) is 0 Å². The average molecular weight is 941 g/mol. The molecule has 0 atom stereocenters. The van der Waals surface area contributed by atoms with Crippen LogP contribution >= 0.6 is 0 Å². The second-order valence-corrected chi connectivity index (χ2v) is 21.2. The molecule has 8 rings (SSSR count). The van der Waals surface area contributed by atoms with E-state index >= 15 is 0 Å². The summed E-state index contributed by atoms with van der Waals surface area (Å²) in [5.74, 6) is 1.19. The number of rotatable bonds is 10. The molecule has 1 radical (unpaired) electrons. The number of fused-ring (bicyclic) bond motifs is 3. The summed E-state index contributed by atoms with van der Waals surface area (Å²) in [5, 5.41) is 3.71. The van der Waals surface area contributed by atoms with E-state index in [0.29, 0.717) is 11.8 Å². The molecule has 0 aliphatic heterocycles. The minimum atomic E-state index is -1.39. The number of nitrogens with zero attached hydrogens (tertiary/aromatic N) is 2. The Hall–Kier alpha value is -4.93. The number of hydrogen-bond acceptors (Lipinski definition) is 3. The van der Waals surface area contributed by atoms with E-state index in [1.54, 1.807) is 0 Å². The van der Waals surface area contributed by atoms with Gasteiger partial charge in [-0.2, -0.15) is 0 Å². The monoisotopic (exact) mass is 941 g/mol. The molecule has 0 aliphatic carbocycles. The van der Waals surface area contributed by atoms with Crippen molar-refractivity contribution >= 4 is 35.2 Å². The van der Waals surface area contributed by atoms with Crippen molar-refractivity contribution in [1.82, 2.24) is 9.97 Å². The first-order valence-electron chi connectivity index (χ1n) is 20.1. The van der Waals surface area contributed by atoms with Gasteiger partial charge in [0.25, 0.3) is 0 Å². The molecule has 3 aromatic heterocycles. The summed E-state index contributed by atoms with van der Waals surface area (Å²) in [6, 6.07) is 51.2. The van der Waals surface area contributed by atoms with Gasteiger partial charge in [0.2, 0.25) is 0 Å². The van der Waals surface area contributed by atoms with Crippen LogP contribution in [-0.4, -0.2) is 18.0 Å². The number of aromatic nitrogens is 2. The Balaban J connectivity index is 0.000000192. The van der Waals surface area contributed by atoms with Gasteiger partial charge in [-0.15, -0.1) is 48.0 Å². The van der Waals surface area contributed by atoms with E-state index in [4.69, 9.17) is 9.40 Å². The fraction of sp³-hybridized carbons (Fsp3) is 0.231. The molecule has 3 heterocycles. The Labute approximate surface area is 354 Å². The first-order valence-corrected chi connectivity index (χ1v) is 23.6. The van der Waals surface area contributed by atoms with Crippen LogP contribution in [0, 0.1) is 18.1 Å². The maximum Gasteiger partial charge on any atom is 0.121 e. The van der Waals surface area contributed by atoms with Crippen LogP contribution in [0.1, 0.15) is 57.6 Å². The van der Waals surface area contributed by atoms with Gasteiger partial charge in [0.1, 0.15) is 5.58 Å². The van der Waals surface area contributed by atoms with Crippen molar-refractivity contribution < 1.29 is 24.5 Å².